The summed E-state index contributed by atoms with van der Waals surface area (Å²) >= 11 is 5.81. The number of hydrogen-bond acceptors (Lipinski definition) is 3. The molecule has 122 valence electrons. The Morgan fingerprint density at radius 3 is 2.62 bits per heavy atom. The van der Waals surface area contributed by atoms with E-state index in [1.54, 1.807) is 61.8 Å². The molecule has 0 aliphatic heterocycles. The van der Waals surface area contributed by atoms with E-state index in [4.69, 9.17) is 16.3 Å². The number of nitrogens with zero attached hydrogens (tertiary/aromatic N) is 1. The fourth-order valence-electron chi connectivity index (χ4n) is 2.41. The van der Waals surface area contributed by atoms with Crippen LogP contribution >= 0.6 is 11.6 Å². The molecule has 1 aromatic heterocycles. The first kappa shape index (κ1) is 16.1. The van der Waals surface area contributed by atoms with Crippen molar-refractivity contribution in [2.75, 3.05) is 12.4 Å². The van der Waals surface area contributed by atoms with E-state index < -0.39 is 0 Å². The van der Waals surface area contributed by atoms with Gasteiger partial charge < -0.3 is 14.6 Å². The summed E-state index contributed by atoms with van der Waals surface area (Å²) in [5.41, 5.74) is 0.407. The van der Waals surface area contributed by atoms with Crippen LogP contribution in [0.2, 0.25) is 5.02 Å². The summed E-state index contributed by atoms with van der Waals surface area (Å²) in [6.07, 6.45) is 1.60. The van der Waals surface area contributed by atoms with Gasteiger partial charge in [0.05, 0.1) is 7.11 Å². The molecule has 0 aliphatic rings. The molecule has 3 aromatic rings. The average molecular weight is 343 g/mol. The number of hydrogen-bond donors (Lipinski definition) is 1. The molecule has 0 aliphatic carbocycles. The minimum absolute atomic E-state index is 0.0660. The summed E-state index contributed by atoms with van der Waals surface area (Å²) in [6, 6.07) is 13.8. The Morgan fingerprint density at radius 2 is 1.92 bits per heavy atom. The Labute approximate surface area is 143 Å². The third-order valence-corrected chi connectivity index (χ3v) is 3.88. The highest BCUT2D eigenvalue weighted by Crippen LogP contribution is 2.18. The van der Waals surface area contributed by atoms with Crippen molar-refractivity contribution in [2.24, 2.45) is 0 Å². The minimum Gasteiger partial charge on any atom is -0.497 e. The molecule has 0 saturated carbocycles. The van der Waals surface area contributed by atoms with Gasteiger partial charge in [0, 0.05) is 22.3 Å². The lowest BCUT2D eigenvalue weighted by Crippen LogP contribution is -2.27. The quantitative estimate of drug-likeness (QED) is 0.791. The van der Waals surface area contributed by atoms with Crippen LogP contribution in [0.3, 0.4) is 0 Å². The van der Waals surface area contributed by atoms with Gasteiger partial charge in [-0.25, -0.2) is 0 Å². The fraction of sp³-hybridized carbons (Fsp3) is 0.111. The van der Waals surface area contributed by atoms with Crippen LogP contribution in [-0.4, -0.2) is 17.6 Å². The maximum Gasteiger partial charge on any atom is 0.258 e. The summed E-state index contributed by atoms with van der Waals surface area (Å²) < 4.78 is 6.52. The molecule has 0 bridgehead atoms. The van der Waals surface area contributed by atoms with Crippen LogP contribution in [0.4, 0.5) is 5.69 Å². The van der Waals surface area contributed by atoms with Crippen molar-refractivity contribution in [2.45, 2.75) is 6.54 Å². The number of fused-ring (bicyclic) bond motifs is 1. The van der Waals surface area contributed by atoms with E-state index in [1.165, 1.54) is 4.57 Å². The van der Waals surface area contributed by atoms with E-state index in [2.05, 4.69) is 5.32 Å². The number of rotatable bonds is 4. The first-order chi connectivity index (χ1) is 11.6. The number of anilines is 1. The second kappa shape index (κ2) is 6.76. The molecule has 2 aromatic carbocycles. The standard InChI is InChI=1S/C18H15ClN2O3/c1-24-15-6-7-16-12(10-15)8-9-21(18(16)23)11-17(22)20-14-4-2-13(19)3-5-14/h2-10H,11H2,1H3,(H,20,22). The zero-order chi connectivity index (χ0) is 17.1. The molecule has 0 radical (unpaired) electrons. The van der Waals surface area contributed by atoms with Crippen molar-refractivity contribution in [1.82, 2.24) is 4.57 Å². The fourth-order valence-corrected chi connectivity index (χ4v) is 2.53. The van der Waals surface area contributed by atoms with Gasteiger partial charge >= 0.3 is 0 Å². The van der Waals surface area contributed by atoms with E-state index in [-0.39, 0.29) is 18.0 Å². The molecule has 0 unspecified atom stereocenters. The molecule has 3 rings (SSSR count). The lowest BCUT2D eigenvalue weighted by molar-refractivity contribution is -0.116. The number of carbonyl (C=O) groups excluding carboxylic acids is 1. The molecule has 6 heteroatoms. The van der Waals surface area contributed by atoms with Crippen molar-refractivity contribution in [3.63, 3.8) is 0 Å². The van der Waals surface area contributed by atoms with Gasteiger partial charge in [-0.15, -0.1) is 0 Å². The van der Waals surface area contributed by atoms with Gasteiger partial charge in [-0.2, -0.15) is 0 Å². The second-order valence-electron chi connectivity index (χ2n) is 5.26. The number of benzene rings is 2. The number of amides is 1. The van der Waals surface area contributed by atoms with Crippen molar-refractivity contribution in [3.8, 4) is 5.75 Å². The summed E-state index contributed by atoms with van der Waals surface area (Å²) in [7, 11) is 1.57. The first-order valence-corrected chi connectivity index (χ1v) is 7.67. The lowest BCUT2D eigenvalue weighted by Gasteiger charge is -2.09. The van der Waals surface area contributed by atoms with Crippen molar-refractivity contribution in [3.05, 3.63) is 70.1 Å². The lowest BCUT2D eigenvalue weighted by atomic mass is 10.1. The summed E-state index contributed by atoms with van der Waals surface area (Å²) in [5.74, 6) is 0.396. The highest BCUT2D eigenvalue weighted by molar-refractivity contribution is 6.30. The third-order valence-electron chi connectivity index (χ3n) is 3.63. The van der Waals surface area contributed by atoms with Gasteiger partial charge in [-0.1, -0.05) is 11.6 Å². The Kier molecular flexibility index (Phi) is 4.53. The van der Waals surface area contributed by atoms with E-state index in [1.807, 2.05) is 0 Å². The van der Waals surface area contributed by atoms with Gasteiger partial charge in [-0.05, 0) is 53.9 Å². The Balaban J connectivity index is 1.82. The van der Waals surface area contributed by atoms with Crippen LogP contribution < -0.4 is 15.6 Å². The predicted molar refractivity (Wildman–Crippen MR) is 94.8 cm³/mol. The molecule has 1 amide bonds. The highest BCUT2D eigenvalue weighted by atomic mass is 35.5. The maximum atomic E-state index is 12.5. The molecular weight excluding hydrogens is 328 g/mol. The van der Waals surface area contributed by atoms with Crippen LogP contribution in [-0.2, 0) is 11.3 Å². The monoisotopic (exact) mass is 342 g/mol. The minimum atomic E-state index is -0.285. The van der Waals surface area contributed by atoms with Crippen LogP contribution in [0.25, 0.3) is 10.8 Å². The summed E-state index contributed by atoms with van der Waals surface area (Å²) in [4.78, 5) is 24.6. The van der Waals surface area contributed by atoms with Gasteiger partial charge in [0.2, 0.25) is 5.91 Å². The normalized spacial score (nSPS) is 10.6. The van der Waals surface area contributed by atoms with Crippen LogP contribution in [0, 0.1) is 0 Å². The highest BCUT2D eigenvalue weighted by Gasteiger charge is 2.08. The molecular formula is C18H15ClN2O3. The number of nitrogens with one attached hydrogen (secondary N) is 1. The summed E-state index contributed by atoms with van der Waals surface area (Å²) in [5, 5.41) is 4.64. The molecule has 24 heavy (non-hydrogen) atoms. The van der Waals surface area contributed by atoms with Crippen LogP contribution in [0.1, 0.15) is 0 Å². The molecule has 0 spiro atoms. The van der Waals surface area contributed by atoms with Crippen molar-refractivity contribution >= 4 is 34.0 Å². The average Bonchev–Trinajstić information content (AvgIpc) is 2.59. The third kappa shape index (κ3) is 3.41. The smallest absolute Gasteiger partial charge is 0.258 e. The van der Waals surface area contributed by atoms with E-state index >= 15 is 0 Å². The first-order valence-electron chi connectivity index (χ1n) is 7.29. The number of halogens is 1. The number of aromatic nitrogens is 1. The largest absolute Gasteiger partial charge is 0.497 e. The second-order valence-corrected chi connectivity index (χ2v) is 5.69. The molecule has 0 saturated heterocycles. The molecule has 5 nitrogen and oxygen atoms in total. The SMILES string of the molecule is COc1ccc2c(=O)n(CC(=O)Nc3ccc(Cl)cc3)ccc2c1. The van der Waals surface area contributed by atoms with Crippen LogP contribution in [0.15, 0.2) is 59.5 Å². The van der Waals surface area contributed by atoms with Gasteiger partial charge in [0.25, 0.3) is 5.56 Å². The Morgan fingerprint density at radius 1 is 1.17 bits per heavy atom. The maximum absolute atomic E-state index is 12.5. The predicted octanol–water partition coefficient (Wildman–Crippen LogP) is 3.30. The summed E-state index contributed by atoms with van der Waals surface area (Å²) in [6.45, 7) is -0.0660. The van der Waals surface area contributed by atoms with Crippen molar-refractivity contribution < 1.29 is 9.53 Å². The van der Waals surface area contributed by atoms with Gasteiger partial charge in [0.1, 0.15) is 12.3 Å². The van der Waals surface area contributed by atoms with Gasteiger partial charge in [-0.3, -0.25) is 9.59 Å². The van der Waals surface area contributed by atoms with Crippen molar-refractivity contribution in [1.29, 1.82) is 0 Å². The van der Waals surface area contributed by atoms with E-state index in [9.17, 15) is 9.59 Å². The Bertz CT molecular complexity index is 949. The zero-order valence-electron chi connectivity index (χ0n) is 13.0. The molecule has 1 N–H and O–H groups in total. The number of ether oxygens (including phenoxy) is 1. The van der Waals surface area contributed by atoms with E-state index in [0.29, 0.717) is 21.8 Å². The molecule has 1 heterocycles. The number of pyridine rings is 1. The zero-order valence-corrected chi connectivity index (χ0v) is 13.7. The Hall–Kier alpha value is -2.79. The number of carbonyl (C=O) groups is 1. The van der Waals surface area contributed by atoms with E-state index in [0.717, 1.165) is 5.39 Å². The topological polar surface area (TPSA) is 60.3 Å². The molecule has 0 atom stereocenters. The molecule has 0 fully saturated rings. The van der Waals surface area contributed by atoms with Gasteiger partial charge in [0.15, 0.2) is 0 Å². The number of methoxy groups -OCH3 is 1. The van der Waals surface area contributed by atoms with Crippen LogP contribution in [0.5, 0.6) is 5.75 Å².